The van der Waals surface area contributed by atoms with E-state index in [9.17, 15) is 9.18 Å². The Morgan fingerprint density at radius 1 is 1.09 bits per heavy atom. The van der Waals surface area contributed by atoms with Crippen molar-refractivity contribution in [2.45, 2.75) is 57.8 Å². The van der Waals surface area contributed by atoms with Gasteiger partial charge >= 0.3 is 5.97 Å². The van der Waals surface area contributed by atoms with Crippen molar-refractivity contribution in [3.8, 4) is 0 Å². The smallest absolute Gasteiger partial charge is 0.303 e. The summed E-state index contributed by atoms with van der Waals surface area (Å²) in [5.74, 6) is -0.964. The third-order valence-corrected chi connectivity index (χ3v) is 3.89. The zero-order valence-corrected chi connectivity index (χ0v) is 12.8. The number of nitrogens with one attached hydrogen (secondary N) is 1. The van der Waals surface area contributed by atoms with Gasteiger partial charge in [-0.15, -0.1) is 0 Å². The molecule has 0 radical (unpaired) electrons. The third kappa shape index (κ3) is 5.13. The van der Waals surface area contributed by atoms with E-state index in [0.29, 0.717) is 5.52 Å². The Balaban J connectivity index is 1.59. The minimum atomic E-state index is -0.707. The van der Waals surface area contributed by atoms with Gasteiger partial charge in [-0.2, -0.15) is 0 Å². The summed E-state index contributed by atoms with van der Waals surface area (Å²) in [6.07, 6.45) is 10.0. The molecule has 1 aromatic heterocycles. The Bertz CT molecular complexity index is 610. The Labute approximate surface area is 129 Å². The summed E-state index contributed by atoms with van der Waals surface area (Å²) in [5.41, 5.74) is 2.18. The second-order valence-electron chi connectivity index (χ2n) is 5.74. The van der Waals surface area contributed by atoms with E-state index in [1.807, 2.05) is 6.07 Å². The van der Waals surface area contributed by atoms with Crippen LogP contribution in [0.3, 0.4) is 0 Å². The van der Waals surface area contributed by atoms with Crippen molar-refractivity contribution >= 4 is 17.0 Å². The lowest BCUT2D eigenvalue weighted by Crippen LogP contribution is -1.93. The van der Waals surface area contributed by atoms with Crippen molar-refractivity contribution in [2.75, 3.05) is 0 Å². The quantitative estimate of drug-likeness (QED) is 0.637. The average molecular weight is 306 g/mol. The maximum Gasteiger partial charge on any atom is 0.303 e. The number of carboxylic acids is 1. The van der Waals surface area contributed by atoms with Crippen LogP contribution in [0.4, 0.5) is 4.39 Å². The fraction of sp³-hybridized carbons (Fsp3) is 0.529. The summed E-state index contributed by atoms with van der Waals surface area (Å²) in [4.78, 5) is 17.3. The lowest BCUT2D eigenvalue weighted by molar-refractivity contribution is -0.137. The largest absolute Gasteiger partial charge is 0.481 e. The van der Waals surface area contributed by atoms with Crippen LogP contribution in [0.5, 0.6) is 0 Å². The van der Waals surface area contributed by atoms with E-state index in [4.69, 9.17) is 5.11 Å². The number of hydrogen-bond acceptors (Lipinski definition) is 2. The highest BCUT2D eigenvalue weighted by molar-refractivity contribution is 5.75. The highest BCUT2D eigenvalue weighted by atomic mass is 19.1. The van der Waals surface area contributed by atoms with E-state index in [0.717, 1.165) is 62.4 Å². The number of benzene rings is 1. The van der Waals surface area contributed by atoms with Gasteiger partial charge in [0.2, 0.25) is 0 Å². The van der Waals surface area contributed by atoms with E-state index in [1.54, 1.807) is 6.07 Å². The molecule has 0 saturated heterocycles. The Morgan fingerprint density at radius 3 is 2.50 bits per heavy atom. The van der Waals surface area contributed by atoms with Crippen LogP contribution in [-0.2, 0) is 11.2 Å². The number of fused-ring (bicyclic) bond motifs is 1. The Hall–Kier alpha value is -1.91. The number of H-pyrrole nitrogens is 1. The van der Waals surface area contributed by atoms with E-state index in [-0.39, 0.29) is 12.2 Å². The predicted molar refractivity (Wildman–Crippen MR) is 84.3 cm³/mol. The number of rotatable bonds is 10. The van der Waals surface area contributed by atoms with E-state index < -0.39 is 5.97 Å². The lowest BCUT2D eigenvalue weighted by Gasteiger charge is -2.03. The number of carbonyl (C=O) groups is 1. The van der Waals surface area contributed by atoms with E-state index in [2.05, 4.69) is 9.97 Å². The first kappa shape index (κ1) is 16.5. The first-order valence-electron chi connectivity index (χ1n) is 8.00. The molecular formula is C17H23FN2O2. The number of aryl methyl sites for hydroxylation is 1. The molecule has 5 heteroatoms. The van der Waals surface area contributed by atoms with E-state index >= 15 is 0 Å². The normalized spacial score (nSPS) is 11.1. The second kappa shape index (κ2) is 8.51. The van der Waals surface area contributed by atoms with Crippen LogP contribution in [0.2, 0.25) is 0 Å². The number of aromatic amines is 1. The molecule has 0 bridgehead atoms. The zero-order chi connectivity index (χ0) is 15.8. The van der Waals surface area contributed by atoms with Gasteiger partial charge in [-0.25, -0.2) is 9.37 Å². The number of halogens is 1. The van der Waals surface area contributed by atoms with Gasteiger partial charge < -0.3 is 10.1 Å². The van der Waals surface area contributed by atoms with Gasteiger partial charge in [0.1, 0.15) is 5.52 Å². The first-order valence-corrected chi connectivity index (χ1v) is 8.00. The Morgan fingerprint density at radius 2 is 1.77 bits per heavy atom. The van der Waals surface area contributed by atoms with Gasteiger partial charge in [-0.3, -0.25) is 4.79 Å². The molecule has 0 saturated carbocycles. The number of aliphatic carboxylic acids is 1. The standard InChI is InChI=1S/C17H23FN2O2/c18-14-10-13(11-15-17(14)20-12-19-15)8-6-4-2-1-3-5-7-9-16(21)22/h10-12H,1-9H2,(H,19,20)(H,21,22). The molecule has 0 amide bonds. The maximum atomic E-state index is 13.8. The summed E-state index contributed by atoms with van der Waals surface area (Å²) in [7, 11) is 0. The Kier molecular flexibility index (Phi) is 6.37. The van der Waals surface area contributed by atoms with Crippen molar-refractivity contribution in [2.24, 2.45) is 0 Å². The first-order chi connectivity index (χ1) is 10.7. The molecule has 4 nitrogen and oxygen atoms in total. The average Bonchev–Trinajstić information content (AvgIpc) is 2.94. The molecule has 120 valence electrons. The number of imidazole rings is 1. The third-order valence-electron chi connectivity index (χ3n) is 3.89. The number of hydrogen-bond donors (Lipinski definition) is 2. The van der Waals surface area contributed by atoms with Crippen LogP contribution in [0.25, 0.3) is 11.0 Å². The van der Waals surface area contributed by atoms with Gasteiger partial charge in [0, 0.05) is 6.42 Å². The minimum Gasteiger partial charge on any atom is -0.481 e. The highest BCUT2D eigenvalue weighted by Crippen LogP contribution is 2.18. The molecule has 2 rings (SSSR count). The molecule has 0 fully saturated rings. The molecule has 0 spiro atoms. The molecule has 0 atom stereocenters. The molecule has 1 aromatic carbocycles. The number of unbranched alkanes of at least 4 members (excludes halogenated alkanes) is 6. The van der Waals surface area contributed by atoms with Crippen LogP contribution in [0.15, 0.2) is 18.5 Å². The van der Waals surface area contributed by atoms with Crippen molar-refractivity contribution in [3.05, 3.63) is 29.8 Å². The maximum absolute atomic E-state index is 13.8. The predicted octanol–water partition coefficient (Wildman–Crippen LogP) is 4.45. The number of nitrogens with zero attached hydrogens (tertiary/aromatic N) is 1. The van der Waals surface area contributed by atoms with Crippen LogP contribution >= 0.6 is 0 Å². The molecule has 0 aliphatic carbocycles. The summed E-state index contributed by atoms with van der Waals surface area (Å²) in [6.45, 7) is 0. The fourth-order valence-electron chi connectivity index (χ4n) is 2.70. The van der Waals surface area contributed by atoms with Gasteiger partial charge in [-0.05, 0) is 37.0 Å². The topological polar surface area (TPSA) is 66.0 Å². The summed E-state index contributed by atoms with van der Waals surface area (Å²) in [6, 6.07) is 3.55. The number of carboxylic acid groups (broad SMARTS) is 1. The lowest BCUT2D eigenvalue weighted by atomic mass is 10.0. The second-order valence-corrected chi connectivity index (χ2v) is 5.74. The monoisotopic (exact) mass is 306 g/mol. The molecule has 2 N–H and O–H groups in total. The fourth-order valence-corrected chi connectivity index (χ4v) is 2.70. The van der Waals surface area contributed by atoms with Crippen molar-refractivity contribution in [1.29, 1.82) is 0 Å². The molecule has 0 aliphatic heterocycles. The molecule has 1 heterocycles. The van der Waals surface area contributed by atoms with Gasteiger partial charge in [0.15, 0.2) is 5.82 Å². The highest BCUT2D eigenvalue weighted by Gasteiger charge is 2.05. The van der Waals surface area contributed by atoms with Crippen molar-refractivity contribution in [3.63, 3.8) is 0 Å². The van der Waals surface area contributed by atoms with Crippen LogP contribution < -0.4 is 0 Å². The van der Waals surface area contributed by atoms with Crippen molar-refractivity contribution in [1.82, 2.24) is 9.97 Å². The summed E-state index contributed by atoms with van der Waals surface area (Å²) in [5, 5.41) is 8.53. The van der Waals surface area contributed by atoms with Gasteiger partial charge in [0.25, 0.3) is 0 Å². The van der Waals surface area contributed by atoms with Gasteiger partial charge in [-0.1, -0.05) is 32.1 Å². The van der Waals surface area contributed by atoms with E-state index in [1.165, 1.54) is 6.33 Å². The van der Waals surface area contributed by atoms with Crippen LogP contribution in [-0.4, -0.2) is 21.0 Å². The SMILES string of the molecule is O=C(O)CCCCCCCCCc1cc(F)c2nc[nH]c2c1. The van der Waals surface area contributed by atoms with Crippen molar-refractivity contribution < 1.29 is 14.3 Å². The zero-order valence-electron chi connectivity index (χ0n) is 12.8. The molecule has 2 aromatic rings. The molecule has 0 unspecified atom stereocenters. The molecular weight excluding hydrogens is 283 g/mol. The van der Waals surface area contributed by atoms with Crippen LogP contribution in [0.1, 0.15) is 56.9 Å². The molecule has 22 heavy (non-hydrogen) atoms. The van der Waals surface area contributed by atoms with Crippen LogP contribution in [0, 0.1) is 5.82 Å². The summed E-state index contributed by atoms with van der Waals surface area (Å²) < 4.78 is 13.8. The van der Waals surface area contributed by atoms with Gasteiger partial charge in [0.05, 0.1) is 11.8 Å². The number of aromatic nitrogens is 2. The summed E-state index contributed by atoms with van der Waals surface area (Å²) >= 11 is 0. The minimum absolute atomic E-state index is 0.257. The molecule has 0 aliphatic rings.